The van der Waals surface area contributed by atoms with Gasteiger partial charge in [0.1, 0.15) is 12.4 Å². The van der Waals surface area contributed by atoms with Gasteiger partial charge in [0.2, 0.25) is 0 Å². The normalized spacial score (nSPS) is 11.3. The molecule has 0 aromatic heterocycles. The molecule has 0 bridgehead atoms. The van der Waals surface area contributed by atoms with E-state index in [1.807, 2.05) is 61.5 Å². The molecule has 0 aliphatic heterocycles. The maximum Gasteiger partial charge on any atom is 0.188 e. The van der Waals surface area contributed by atoms with Crippen LogP contribution in [0.15, 0.2) is 59.6 Å². The Morgan fingerprint density at radius 1 is 1.04 bits per heavy atom. The molecule has 0 heterocycles. The number of ether oxygens (including phenoxy) is 2. The number of benzene rings is 2. The summed E-state index contributed by atoms with van der Waals surface area (Å²) in [4.78, 5) is 4.34. The SMILES string of the molecule is CCOCCCNC(N)=NCc1ccc(OCc2ccccc2)cc1. The zero-order valence-electron chi connectivity index (χ0n) is 14.8. The van der Waals surface area contributed by atoms with Gasteiger partial charge in [-0.1, -0.05) is 42.5 Å². The number of nitrogens with zero attached hydrogens (tertiary/aromatic N) is 1. The first-order chi connectivity index (χ1) is 12.3. The summed E-state index contributed by atoms with van der Waals surface area (Å²) in [6.07, 6.45) is 0.914. The second-order valence-corrected chi connectivity index (χ2v) is 5.60. The minimum Gasteiger partial charge on any atom is -0.489 e. The molecule has 25 heavy (non-hydrogen) atoms. The first kappa shape index (κ1) is 18.8. The third-order valence-electron chi connectivity index (χ3n) is 3.58. The molecular weight excluding hydrogens is 314 g/mol. The van der Waals surface area contributed by atoms with E-state index >= 15 is 0 Å². The van der Waals surface area contributed by atoms with Crippen molar-refractivity contribution in [2.24, 2.45) is 10.7 Å². The van der Waals surface area contributed by atoms with Crippen LogP contribution in [0.4, 0.5) is 0 Å². The molecule has 3 N–H and O–H groups in total. The van der Waals surface area contributed by atoms with Crippen LogP contribution < -0.4 is 15.8 Å². The summed E-state index contributed by atoms with van der Waals surface area (Å²) in [5.74, 6) is 1.31. The van der Waals surface area contributed by atoms with Gasteiger partial charge in [0.15, 0.2) is 5.96 Å². The summed E-state index contributed by atoms with van der Waals surface area (Å²) in [5, 5.41) is 3.08. The number of aliphatic imine (C=N–C) groups is 1. The molecule has 0 radical (unpaired) electrons. The van der Waals surface area contributed by atoms with Crippen LogP contribution in [0, 0.1) is 0 Å². The highest BCUT2D eigenvalue weighted by atomic mass is 16.5. The summed E-state index contributed by atoms with van der Waals surface area (Å²) in [5.41, 5.74) is 8.09. The van der Waals surface area contributed by atoms with Crippen molar-refractivity contribution in [3.63, 3.8) is 0 Å². The summed E-state index contributed by atoms with van der Waals surface area (Å²) in [7, 11) is 0. The molecular formula is C20H27N3O2. The molecule has 0 fully saturated rings. The van der Waals surface area contributed by atoms with Gasteiger partial charge >= 0.3 is 0 Å². The molecule has 0 spiro atoms. The number of rotatable bonds is 10. The summed E-state index contributed by atoms with van der Waals surface area (Å²) >= 11 is 0. The lowest BCUT2D eigenvalue weighted by molar-refractivity contribution is 0.145. The quantitative estimate of drug-likeness (QED) is 0.396. The summed E-state index contributed by atoms with van der Waals surface area (Å²) in [6.45, 7) is 5.35. The summed E-state index contributed by atoms with van der Waals surface area (Å²) < 4.78 is 11.0. The van der Waals surface area contributed by atoms with Gasteiger partial charge in [0.05, 0.1) is 6.54 Å². The van der Waals surface area contributed by atoms with Crippen LogP contribution in [-0.2, 0) is 17.9 Å². The Bertz CT molecular complexity index is 627. The van der Waals surface area contributed by atoms with Crippen molar-refractivity contribution >= 4 is 5.96 Å². The van der Waals surface area contributed by atoms with E-state index in [4.69, 9.17) is 15.2 Å². The number of hydrogen-bond acceptors (Lipinski definition) is 3. The fraction of sp³-hybridized carbons (Fsp3) is 0.350. The predicted octanol–water partition coefficient (Wildman–Crippen LogP) is 3.10. The lowest BCUT2D eigenvalue weighted by atomic mass is 10.2. The number of nitrogens with one attached hydrogen (secondary N) is 1. The van der Waals surface area contributed by atoms with Crippen LogP contribution in [0.3, 0.4) is 0 Å². The van der Waals surface area contributed by atoms with Crippen LogP contribution in [0.5, 0.6) is 5.75 Å². The van der Waals surface area contributed by atoms with E-state index in [1.165, 1.54) is 0 Å². The predicted molar refractivity (Wildman–Crippen MR) is 102 cm³/mol. The van der Waals surface area contributed by atoms with Crippen LogP contribution in [0.2, 0.25) is 0 Å². The van der Waals surface area contributed by atoms with E-state index in [2.05, 4.69) is 10.3 Å². The highest BCUT2D eigenvalue weighted by Crippen LogP contribution is 2.14. The van der Waals surface area contributed by atoms with Crippen molar-refractivity contribution in [2.75, 3.05) is 19.8 Å². The van der Waals surface area contributed by atoms with Gasteiger partial charge in [-0.25, -0.2) is 4.99 Å². The second kappa shape index (κ2) is 11.1. The molecule has 5 nitrogen and oxygen atoms in total. The van der Waals surface area contributed by atoms with Crippen molar-refractivity contribution < 1.29 is 9.47 Å². The zero-order valence-corrected chi connectivity index (χ0v) is 14.8. The molecule has 0 saturated carbocycles. The Balaban J connectivity index is 1.71. The Hall–Kier alpha value is -2.53. The fourth-order valence-electron chi connectivity index (χ4n) is 2.20. The van der Waals surface area contributed by atoms with Gasteiger partial charge in [-0.2, -0.15) is 0 Å². The van der Waals surface area contributed by atoms with E-state index in [1.54, 1.807) is 0 Å². The van der Waals surface area contributed by atoms with E-state index < -0.39 is 0 Å². The molecule has 0 amide bonds. The number of hydrogen-bond donors (Lipinski definition) is 2. The van der Waals surface area contributed by atoms with Crippen molar-refractivity contribution in [2.45, 2.75) is 26.5 Å². The maximum absolute atomic E-state index is 5.85. The average Bonchev–Trinajstić information content (AvgIpc) is 2.66. The standard InChI is InChI=1S/C20H27N3O2/c1-2-24-14-6-13-22-20(21)23-15-17-9-11-19(12-10-17)25-16-18-7-4-3-5-8-18/h3-5,7-12H,2,6,13-16H2,1H3,(H3,21,22,23). The van der Waals surface area contributed by atoms with E-state index in [-0.39, 0.29) is 0 Å². The monoisotopic (exact) mass is 341 g/mol. The molecule has 0 unspecified atom stereocenters. The van der Waals surface area contributed by atoms with Gasteiger partial charge in [-0.3, -0.25) is 0 Å². The smallest absolute Gasteiger partial charge is 0.188 e. The van der Waals surface area contributed by atoms with Crippen molar-refractivity contribution in [3.05, 3.63) is 65.7 Å². The minimum atomic E-state index is 0.459. The van der Waals surface area contributed by atoms with Crippen LogP contribution in [0.1, 0.15) is 24.5 Å². The first-order valence-electron chi connectivity index (χ1n) is 8.65. The summed E-state index contributed by atoms with van der Waals surface area (Å²) in [6, 6.07) is 18.0. The number of guanidine groups is 1. The van der Waals surface area contributed by atoms with Crippen molar-refractivity contribution in [3.8, 4) is 5.75 Å². The Morgan fingerprint density at radius 2 is 1.80 bits per heavy atom. The average molecular weight is 341 g/mol. The highest BCUT2D eigenvalue weighted by molar-refractivity contribution is 5.77. The van der Waals surface area contributed by atoms with Crippen LogP contribution >= 0.6 is 0 Å². The van der Waals surface area contributed by atoms with Gasteiger partial charge in [-0.05, 0) is 36.6 Å². The molecule has 2 aromatic rings. The van der Waals surface area contributed by atoms with Gasteiger partial charge < -0.3 is 20.5 Å². The van der Waals surface area contributed by atoms with Crippen molar-refractivity contribution in [1.29, 1.82) is 0 Å². The second-order valence-electron chi connectivity index (χ2n) is 5.60. The molecule has 2 rings (SSSR count). The lowest BCUT2D eigenvalue weighted by Crippen LogP contribution is -2.32. The van der Waals surface area contributed by atoms with E-state index in [0.29, 0.717) is 19.1 Å². The van der Waals surface area contributed by atoms with Gasteiger partial charge in [0, 0.05) is 19.8 Å². The first-order valence-corrected chi connectivity index (χ1v) is 8.65. The van der Waals surface area contributed by atoms with Crippen molar-refractivity contribution in [1.82, 2.24) is 5.32 Å². The topological polar surface area (TPSA) is 68.9 Å². The largest absolute Gasteiger partial charge is 0.489 e. The molecule has 134 valence electrons. The Labute approximate surface area is 149 Å². The Kier molecular flexibility index (Phi) is 8.35. The fourth-order valence-corrected chi connectivity index (χ4v) is 2.20. The lowest BCUT2D eigenvalue weighted by Gasteiger charge is -2.07. The molecule has 5 heteroatoms. The van der Waals surface area contributed by atoms with Gasteiger partial charge in [0.25, 0.3) is 0 Å². The third kappa shape index (κ3) is 7.72. The maximum atomic E-state index is 5.85. The molecule has 0 aliphatic carbocycles. The molecule has 0 atom stereocenters. The molecule has 0 aliphatic rings. The minimum absolute atomic E-state index is 0.459. The van der Waals surface area contributed by atoms with Crippen LogP contribution in [-0.4, -0.2) is 25.7 Å². The third-order valence-corrected chi connectivity index (χ3v) is 3.58. The van der Waals surface area contributed by atoms with Crippen LogP contribution in [0.25, 0.3) is 0 Å². The van der Waals surface area contributed by atoms with Gasteiger partial charge in [-0.15, -0.1) is 0 Å². The van der Waals surface area contributed by atoms with E-state index in [0.717, 1.165) is 43.1 Å². The zero-order chi connectivity index (χ0) is 17.7. The highest BCUT2D eigenvalue weighted by Gasteiger charge is 1.98. The molecule has 0 saturated heterocycles. The van der Waals surface area contributed by atoms with E-state index in [9.17, 15) is 0 Å². The Morgan fingerprint density at radius 3 is 2.52 bits per heavy atom. The molecule has 2 aromatic carbocycles. The number of nitrogens with two attached hydrogens (primary N) is 1.